The average molecular weight is 229 g/mol. The van der Waals surface area contributed by atoms with Crippen LogP contribution in [0.15, 0.2) is 0 Å². The van der Waals surface area contributed by atoms with Crippen molar-refractivity contribution in [2.24, 2.45) is 0 Å². The summed E-state index contributed by atoms with van der Waals surface area (Å²) < 4.78 is 0. The maximum absolute atomic E-state index is 8.81. The first-order valence-electron chi connectivity index (χ1n) is 4.97. The van der Waals surface area contributed by atoms with E-state index in [1.165, 1.54) is 11.3 Å². The Morgan fingerprint density at radius 1 is 1.27 bits per heavy atom. The lowest BCUT2D eigenvalue weighted by molar-refractivity contribution is 0.188. The van der Waals surface area contributed by atoms with E-state index in [1.54, 1.807) is 0 Å². The van der Waals surface area contributed by atoms with E-state index in [9.17, 15) is 0 Å². The summed E-state index contributed by atoms with van der Waals surface area (Å²) in [7, 11) is 0. The summed E-state index contributed by atoms with van der Waals surface area (Å²) in [4.78, 5) is 4.42. The van der Waals surface area contributed by atoms with Gasteiger partial charge < -0.3 is 15.7 Å². The van der Waals surface area contributed by atoms with E-state index in [0.717, 1.165) is 37.9 Å². The minimum atomic E-state index is 0.228. The van der Waals surface area contributed by atoms with Gasteiger partial charge in [-0.2, -0.15) is 0 Å². The molecule has 1 aliphatic rings. The van der Waals surface area contributed by atoms with E-state index >= 15 is 0 Å². The van der Waals surface area contributed by atoms with Crippen molar-refractivity contribution < 1.29 is 5.11 Å². The molecular formula is C8H15N5OS. The first kappa shape index (κ1) is 10.6. The fourth-order valence-electron chi connectivity index (χ4n) is 1.66. The average Bonchev–Trinajstić information content (AvgIpc) is 2.67. The minimum absolute atomic E-state index is 0.228. The molecular weight excluding hydrogens is 214 g/mol. The van der Waals surface area contributed by atoms with Gasteiger partial charge in [0.05, 0.1) is 6.61 Å². The second-order valence-electron chi connectivity index (χ2n) is 3.48. The minimum Gasteiger partial charge on any atom is -0.395 e. The highest BCUT2D eigenvalue weighted by Gasteiger charge is 2.18. The van der Waals surface area contributed by atoms with Crippen LogP contribution in [0.4, 0.5) is 10.3 Å². The molecule has 84 valence electrons. The van der Waals surface area contributed by atoms with Crippen LogP contribution in [0.1, 0.15) is 0 Å². The Hall–Kier alpha value is -0.920. The molecule has 15 heavy (non-hydrogen) atoms. The third-order valence-electron chi connectivity index (χ3n) is 2.49. The Kier molecular flexibility index (Phi) is 3.34. The first-order valence-corrected chi connectivity index (χ1v) is 5.78. The number of hydrogen-bond donors (Lipinski definition) is 2. The quantitative estimate of drug-likeness (QED) is 0.709. The molecule has 3 N–H and O–H groups in total. The number of nitrogens with two attached hydrogens (primary N) is 1. The van der Waals surface area contributed by atoms with Crippen LogP contribution in [0.25, 0.3) is 0 Å². The number of piperazine rings is 1. The van der Waals surface area contributed by atoms with Gasteiger partial charge in [0.25, 0.3) is 0 Å². The molecule has 0 atom stereocenters. The van der Waals surface area contributed by atoms with E-state index in [2.05, 4.69) is 20.0 Å². The number of β-amino-alcohol motifs (C(OH)–C–C–N with tert-alkyl or cyclic N) is 1. The van der Waals surface area contributed by atoms with E-state index < -0.39 is 0 Å². The van der Waals surface area contributed by atoms with E-state index in [1.807, 2.05) is 0 Å². The number of rotatable bonds is 3. The zero-order valence-corrected chi connectivity index (χ0v) is 9.28. The van der Waals surface area contributed by atoms with Crippen molar-refractivity contribution in [3.8, 4) is 0 Å². The highest BCUT2D eigenvalue weighted by Crippen LogP contribution is 2.22. The Bertz CT molecular complexity index is 310. The molecule has 1 aliphatic heterocycles. The van der Waals surface area contributed by atoms with E-state index in [4.69, 9.17) is 10.8 Å². The zero-order valence-electron chi connectivity index (χ0n) is 8.46. The number of aromatic nitrogens is 2. The van der Waals surface area contributed by atoms with Crippen molar-refractivity contribution in [2.45, 2.75) is 0 Å². The smallest absolute Gasteiger partial charge is 0.210 e. The van der Waals surface area contributed by atoms with Crippen LogP contribution in [0.2, 0.25) is 0 Å². The van der Waals surface area contributed by atoms with Gasteiger partial charge in [-0.15, -0.1) is 10.2 Å². The SMILES string of the molecule is Nc1nnc(N2CCN(CCO)CC2)s1. The van der Waals surface area contributed by atoms with Gasteiger partial charge in [0, 0.05) is 32.7 Å². The van der Waals surface area contributed by atoms with Crippen molar-refractivity contribution >= 4 is 21.6 Å². The Balaban J connectivity index is 1.88. The highest BCUT2D eigenvalue weighted by molar-refractivity contribution is 7.18. The maximum Gasteiger partial charge on any atom is 0.210 e. The predicted molar refractivity (Wildman–Crippen MR) is 60.1 cm³/mol. The van der Waals surface area contributed by atoms with Gasteiger partial charge >= 0.3 is 0 Å². The van der Waals surface area contributed by atoms with Gasteiger partial charge in [-0.25, -0.2) is 0 Å². The maximum atomic E-state index is 8.81. The lowest BCUT2D eigenvalue weighted by Crippen LogP contribution is -2.47. The largest absolute Gasteiger partial charge is 0.395 e. The van der Waals surface area contributed by atoms with Gasteiger partial charge in [-0.1, -0.05) is 11.3 Å². The Morgan fingerprint density at radius 3 is 2.53 bits per heavy atom. The molecule has 1 aromatic heterocycles. The summed E-state index contributed by atoms with van der Waals surface area (Å²) >= 11 is 1.42. The molecule has 2 heterocycles. The van der Waals surface area contributed by atoms with Crippen molar-refractivity contribution in [2.75, 3.05) is 50.0 Å². The summed E-state index contributed by atoms with van der Waals surface area (Å²) in [6.07, 6.45) is 0. The fourth-order valence-corrected chi connectivity index (χ4v) is 2.32. The molecule has 1 fully saturated rings. The number of nitrogens with zero attached hydrogens (tertiary/aromatic N) is 4. The molecule has 0 saturated carbocycles. The Morgan fingerprint density at radius 2 is 2.00 bits per heavy atom. The molecule has 0 unspecified atom stereocenters. The fraction of sp³-hybridized carbons (Fsp3) is 0.750. The van der Waals surface area contributed by atoms with Gasteiger partial charge in [0.15, 0.2) is 0 Å². The number of hydrogen-bond acceptors (Lipinski definition) is 7. The highest BCUT2D eigenvalue weighted by atomic mass is 32.1. The molecule has 0 aliphatic carbocycles. The monoisotopic (exact) mass is 229 g/mol. The molecule has 0 aromatic carbocycles. The van der Waals surface area contributed by atoms with Crippen LogP contribution >= 0.6 is 11.3 Å². The summed E-state index contributed by atoms with van der Waals surface area (Å²) in [6, 6.07) is 0. The first-order chi connectivity index (χ1) is 7.29. The molecule has 0 radical (unpaired) electrons. The molecule has 1 saturated heterocycles. The van der Waals surface area contributed by atoms with Crippen LogP contribution in [0.5, 0.6) is 0 Å². The lowest BCUT2D eigenvalue weighted by Gasteiger charge is -2.33. The number of anilines is 2. The molecule has 0 spiro atoms. The van der Waals surface area contributed by atoms with Gasteiger partial charge in [-0.3, -0.25) is 4.90 Å². The Labute approximate surface area is 92.3 Å². The third-order valence-corrected chi connectivity index (χ3v) is 3.30. The summed E-state index contributed by atoms with van der Waals surface area (Å²) in [5, 5.41) is 18.0. The van der Waals surface area contributed by atoms with Gasteiger partial charge in [-0.05, 0) is 0 Å². The molecule has 0 amide bonds. The molecule has 1 aromatic rings. The third kappa shape index (κ3) is 2.55. The van der Waals surface area contributed by atoms with Gasteiger partial charge in [0.1, 0.15) is 0 Å². The number of nitrogen functional groups attached to an aromatic ring is 1. The summed E-state index contributed by atoms with van der Waals surface area (Å²) in [5.41, 5.74) is 5.54. The van der Waals surface area contributed by atoms with Crippen molar-refractivity contribution in [1.82, 2.24) is 15.1 Å². The van der Waals surface area contributed by atoms with E-state index in [0.29, 0.717) is 5.13 Å². The number of aliphatic hydroxyl groups excluding tert-OH is 1. The zero-order chi connectivity index (χ0) is 10.7. The van der Waals surface area contributed by atoms with Crippen molar-refractivity contribution in [1.29, 1.82) is 0 Å². The van der Waals surface area contributed by atoms with Crippen LogP contribution in [0.3, 0.4) is 0 Å². The standard InChI is InChI=1S/C8H15N5OS/c9-7-10-11-8(15-7)13-3-1-12(2-4-13)5-6-14/h14H,1-6H2,(H2,9,10). The normalized spacial score (nSPS) is 18.3. The summed E-state index contributed by atoms with van der Waals surface area (Å²) in [6.45, 7) is 4.75. The van der Waals surface area contributed by atoms with E-state index in [-0.39, 0.29) is 6.61 Å². The van der Waals surface area contributed by atoms with Crippen LogP contribution in [-0.2, 0) is 0 Å². The second-order valence-corrected chi connectivity index (χ2v) is 4.46. The van der Waals surface area contributed by atoms with Crippen molar-refractivity contribution in [3.05, 3.63) is 0 Å². The summed E-state index contributed by atoms with van der Waals surface area (Å²) in [5.74, 6) is 0. The molecule has 0 bridgehead atoms. The van der Waals surface area contributed by atoms with Crippen LogP contribution < -0.4 is 10.6 Å². The molecule has 7 heteroatoms. The molecule has 6 nitrogen and oxygen atoms in total. The molecule has 2 rings (SSSR count). The predicted octanol–water partition coefficient (Wildman–Crippen LogP) is -0.765. The second kappa shape index (κ2) is 4.73. The number of aliphatic hydroxyl groups is 1. The lowest BCUT2D eigenvalue weighted by atomic mass is 10.3. The van der Waals surface area contributed by atoms with Crippen LogP contribution in [0, 0.1) is 0 Å². The van der Waals surface area contributed by atoms with Gasteiger partial charge in [0.2, 0.25) is 10.3 Å². The van der Waals surface area contributed by atoms with Crippen molar-refractivity contribution in [3.63, 3.8) is 0 Å². The topological polar surface area (TPSA) is 78.5 Å². The van der Waals surface area contributed by atoms with Crippen LogP contribution in [-0.4, -0.2) is 59.5 Å².